The summed E-state index contributed by atoms with van der Waals surface area (Å²) < 4.78 is 6.53. The van der Waals surface area contributed by atoms with E-state index in [0.29, 0.717) is 23.4 Å². The SMILES string of the molecule is CCC(Cc1ccccc1-c1ccc2c(c1C)-c1ccccc1C21c2ccccc2-c2ccccc21)c1ccc(-c2nc(-c3ccccc3)nc(-c3ccc4c(c3)oc3cccc(-c5ccccc5)c34)n2)cc1. The van der Waals surface area contributed by atoms with E-state index in [1.807, 2.05) is 30.3 Å². The highest BCUT2D eigenvalue weighted by atomic mass is 16.3. The van der Waals surface area contributed by atoms with Crippen molar-refractivity contribution in [2.75, 3.05) is 0 Å². The molecule has 0 saturated heterocycles. The van der Waals surface area contributed by atoms with Crippen LogP contribution in [-0.2, 0) is 11.8 Å². The second kappa shape index (κ2) is 17.1. The van der Waals surface area contributed by atoms with E-state index in [1.54, 1.807) is 0 Å². The van der Waals surface area contributed by atoms with Crippen molar-refractivity contribution >= 4 is 21.9 Å². The van der Waals surface area contributed by atoms with E-state index >= 15 is 0 Å². The van der Waals surface area contributed by atoms with E-state index in [4.69, 9.17) is 19.4 Å². The fraction of sp³-hybridized carbons (Fsp3) is 0.0870. The topological polar surface area (TPSA) is 51.8 Å². The molecule has 2 aromatic heterocycles. The predicted octanol–water partition coefficient (Wildman–Crippen LogP) is 17.5. The lowest BCUT2D eigenvalue weighted by Gasteiger charge is -2.30. The maximum absolute atomic E-state index is 6.53. The molecule has 14 rings (SSSR count). The van der Waals surface area contributed by atoms with Gasteiger partial charge in [-0.25, -0.2) is 15.0 Å². The number of fused-ring (bicyclic) bond motifs is 13. The summed E-state index contributed by atoms with van der Waals surface area (Å²) >= 11 is 0. The summed E-state index contributed by atoms with van der Waals surface area (Å²) in [5.41, 5.74) is 23.8. The van der Waals surface area contributed by atoms with Crippen LogP contribution in [0.4, 0.5) is 0 Å². The third kappa shape index (κ3) is 6.71. The number of benzene rings is 10. The van der Waals surface area contributed by atoms with Crippen LogP contribution < -0.4 is 0 Å². The smallest absolute Gasteiger partial charge is 0.164 e. The van der Waals surface area contributed by atoms with Crippen LogP contribution in [0.2, 0.25) is 0 Å². The van der Waals surface area contributed by atoms with Gasteiger partial charge in [-0.15, -0.1) is 0 Å². The maximum atomic E-state index is 6.53. The van der Waals surface area contributed by atoms with Gasteiger partial charge in [-0.05, 0) is 127 Å². The van der Waals surface area contributed by atoms with Gasteiger partial charge in [-0.2, -0.15) is 0 Å². The van der Waals surface area contributed by atoms with E-state index in [9.17, 15) is 0 Å². The number of aromatic nitrogens is 3. The first kappa shape index (κ1) is 42.9. The summed E-state index contributed by atoms with van der Waals surface area (Å²) in [6, 6.07) is 83.3. The molecular formula is C69H49N3O. The molecule has 0 aliphatic heterocycles. The highest BCUT2D eigenvalue weighted by Crippen LogP contribution is 2.63. The minimum atomic E-state index is -0.356. The Labute approximate surface area is 425 Å². The van der Waals surface area contributed by atoms with E-state index in [0.717, 1.165) is 62.6 Å². The molecule has 73 heavy (non-hydrogen) atoms. The molecule has 4 heteroatoms. The molecule has 0 saturated carbocycles. The Morgan fingerprint density at radius 3 is 1.62 bits per heavy atom. The minimum Gasteiger partial charge on any atom is -0.456 e. The number of rotatable bonds is 9. The van der Waals surface area contributed by atoms with Crippen LogP contribution in [0.1, 0.15) is 58.2 Å². The van der Waals surface area contributed by atoms with Gasteiger partial charge in [0, 0.05) is 27.5 Å². The zero-order valence-corrected chi connectivity index (χ0v) is 40.7. The molecule has 12 aromatic rings. The first-order valence-electron chi connectivity index (χ1n) is 25.5. The average molecular weight is 936 g/mol. The van der Waals surface area contributed by atoms with Gasteiger partial charge < -0.3 is 4.42 Å². The maximum Gasteiger partial charge on any atom is 0.164 e. The van der Waals surface area contributed by atoms with Crippen molar-refractivity contribution < 1.29 is 4.42 Å². The van der Waals surface area contributed by atoms with Crippen molar-refractivity contribution in [1.29, 1.82) is 0 Å². The first-order valence-corrected chi connectivity index (χ1v) is 25.5. The van der Waals surface area contributed by atoms with Crippen LogP contribution in [0.15, 0.2) is 235 Å². The predicted molar refractivity (Wildman–Crippen MR) is 298 cm³/mol. The Morgan fingerprint density at radius 1 is 0.411 bits per heavy atom. The van der Waals surface area contributed by atoms with E-state index < -0.39 is 0 Å². The summed E-state index contributed by atoms with van der Waals surface area (Å²) in [6.45, 7) is 4.65. The summed E-state index contributed by atoms with van der Waals surface area (Å²) in [4.78, 5) is 15.3. The van der Waals surface area contributed by atoms with Gasteiger partial charge in [0.25, 0.3) is 0 Å². The summed E-state index contributed by atoms with van der Waals surface area (Å²) in [6.07, 6.45) is 1.91. The van der Waals surface area contributed by atoms with E-state index in [-0.39, 0.29) is 5.41 Å². The van der Waals surface area contributed by atoms with Crippen molar-refractivity contribution in [3.8, 4) is 78.7 Å². The van der Waals surface area contributed by atoms with Crippen molar-refractivity contribution in [3.05, 3.63) is 269 Å². The molecular weight excluding hydrogens is 887 g/mol. The number of furan rings is 1. The van der Waals surface area contributed by atoms with Gasteiger partial charge in [0.2, 0.25) is 0 Å². The third-order valence-electron chi connectivity index (χ3n) is 15.8. The lowest BCUT2D eigenvalue weighted by atomic mass is 9.70. The Morgan fingerprint density at radius 2 is 0.945 bits per heavy atom. The molecule has 0 radical (unpaired) electrons. The molecule has 0 fully saturated rings. The Hall–Kier alpha value is -8.99. The summed E-state index contributed by atoms with van der Waals surface area (Å²) in [5, 5.41) is 2.16. The molecule has 1 spiro atoms. The zero-order valence-electron chi connectivity index (χ0n) is 40.7. The van der Waals surface area contributed by atoms with Gasteiger partial charge in [-0.3, -0.25) is 0 Å². The second-order valence-electron chi connectivity index (χ2n) is 19.7. The number of hydrogen-bond acceptors (Lipinski definition) is 4. The molecule has 0 bridgehead atoms. The third-order valence-corrected chi connectivity index (χ3v) is 15.8. The molecule has 0 amide bonds. The molecule has 2 heterocycles. The van der Waals surface area contributed by atoms with Crippen molar-refractivity contribution in [3.63, 3.8) is 0 Å². The Bertz CT molecular complexity index is 4070. The van der Waals surface area contributed by atoms with Crippen molar-refractivity contribution in [2.45, 2.75) is 38.0 Å². The van der Waals surface area contributed by atoms with Crippen LogP contribution in [0.25, 0.3) is 101 Å². The molecule has 4 nitrogen and oxygen atoms in total. The standard InChI is InChI=1S/C69H49N3O/c1-3-44(41-49-23-10-11-24-52(49)51-39-40-61-64(43(51)2)56-27-14-17-31-60(56)69(61)58-29-15-12-25-54(58)55-26-13-16-30-59(55)69)45-33-35-48(36-34-45)67-70-66(47-21-8-5-9-22-47)71-68(72-67)50-37-38-57-63(42-50)73-62-32-18-28-53(65(57)62)46-19-6-4-7-20-46/h4-40,42,44H,3,41H2,1-2H3. The van der Waals surface area contributed by atoms with E-state index in [1.165, 1.54) is 72.3 Å². The fourth-order valence-electron chi connectivity index (χ4n) is 12.5. The van der Waals surface area contributed by atoms with Gasteiger partial charge in [-0.1, -0.05) is 219 Å². The van der Waals surface area contributed by atoms with Gasteiger partial charge >= 0.3 is 0 Å². The molecule has 2 aliphatic rings. The van der Waals surface area contributed by atoms with Crippen LogP contribution in [0.3, 0.4) is 0 Å². The highest BCUT2D eigenvalue weighted by molar-refractivity contribution is 6.13. The van der Waals surface area contributed by atoms with Crippen LogP contribution in [0.5, 0.6) is 0 Å². The monoisotopic (exact) mass is 935 g/mol. The normalized spacial score (nSPS) is 13.2. The minimum absolute atomic E-state index is 0.298. The first-order chi connectivity index (χ1) is 36.1. The quantitative estimate of drug-likeness (QED) is 0.145. The summed E-state index contributed by atoms with van der Waals surface area (Å²) in [5.74, 6) is 2.15. The van der Waals surface area contributed by atoms with Gasteiger partial charge in [0.05, 0.1) is 5.41 Å². The summed E-state index contributed by atoms with van der Waals surface area (Å²) in [7, 11) is 0. The molecule has 1 atom stereocenters. The zero-order chi connectivity index (χ0) is 48.6. The number of hydrogen-bond donors (Lipinski definition) is 0. The lowest BCUT2D eigenvalue weighted by molar-refractivity contribution is 0.661. The Balaban J connectivity index is 0.804. The molecule has 10 aromatic carbocycles. The number of nitrogens with zero attached hydrogens (tertiary/aromatic N) is 3. The fourth-order valence-corrected chi connectivity index (χ4v) is 12.5. The van der Waals surface area contributed by atoms with Crippen molar-refractivity contribution in [1.82, 2.24) is 15.0 Å². The molecule has 1 unspecified atom stereocenters. The van der Waals surface area contributed by atoms with Crippen LogP contribution in [-0.4, -0.2) is 15.0 Å². The average Bonchev–Trinajstić information content (AvgIpc) is 4.09. The Kier molecular flexibility index (Phi) is 10.0. The molecule has 346 valence electrons. The lowest BCUT2D eigenvalue weighted by Crippen LogP contribution is -2.25. The van der Waals surface area contributed by atoms with Gasteiger partial charge in [0.15, 0.2) is 17.5 Å². The largest absolute Gasteiger partial charge is 0.456 e. The highest BCUT2D eigenvalue weighted by Gasteiger charge is 2.52. The van der Waals surface area contributed by atoms with Crippen LogP contribution in [0, 0.1) is 6.92 Å². The van der Waals surface area contributed by atoms with Gasteiger partial charge in [0.1, 0.15) is 11.2 Å². The van der Waals surface area contributed by atoms with E-state index in [2.05, 4.69) is 214 Å². The molecule has 0 N–H and O–H groups in total. The van der Waals surface area contributed by atoms with Crippen molar-refractivity contribution in [2.24, 2.45) is 0 Å². The molecule has 2 aliphatic carbocycles. The second-order valence-corrected chi connectivity index (χ2v) is 19.7. The van der Waals surface area contributed by atoms with Crippen LogP contribution >= 0.6 is 0 Å².